The van der Waals surface area contributed by atoms with E-state index >= 15 is 0 Å². The van der Waals surface area contributed by atoms with Gasteiger partial charge in [-0.05, 0) is 25.7 Å². The lowest BCUT2D eigenvalue weighted by Crippen LogP contribution is -2.49. The Morgan fingerprint density at radius 1 is 1.25 bits per heavy atom. The second-order valence-corrected chi connectivity index (χ2v) is 6.45. The number of hydrogen-bond acceptors (Lipinski definition) is 6. The maximum Gasteiger partial charge on any atom is 0.240 e. The van der Waals surface area contributed by atoms with E-state index in [1.54, 1.807) is 0 Å². The van der Waals surface area contributed by atoms with Gasteiger partial charge in [0, 0.05) is 38.6 Å². The first kappa shape index (κ1) is 21.2. The molecular formula is C15H27Cl2N5O2. The van der Waals surface area contributed by atoms with Crippen molar-refractivity contribution < 1.29 is 9.32 Å². The maximum atomic E-state index is 12.4. The maximum absolute atomic E-state index is 12.4. The molecule has 24 heavy (non-hydrogen) atoms. The molecule has 2 aliphatic rings. The zero-order valence-corrected chi connectivity index (χ0v) is 15.7. The second-order valence-electron chi connectivity index (χ2n) is 6.45. The lowest BCUT2D eigenvalue weighted by Gasteiger charge is -2.34. The van der Waals surface area contributed by atoms with Crippen molar-refractivity contribution >= 4 is 30.7 Å². The summed E-state index contributed by atoms with van der Waals surface area (Å²) < 4.78 is 5.14. The van der Waals surface area contributed by atoms with Crippen LogP contribution in [0.2, 0.25) is 0 Å². The minimum Gasteiger partial charge on any atom is -0.340 e. The quantitative estimate of drug-likeness (QED) is 0.849. The highest BCUT2D eigenvalue weighted by Crippen LogP contribution is 2.27. The Kier molecular flexibility index (Phi) is 8.42. The van der Waals surface area contributed by atoms with Gasteiger partial charge in [-0.25, -0.2) is 0 Å². The van der Waals surface area contributed by atoms with Gasteiger partial charge in [0.2, 0.25) is 11.8 Å². The number of amides is 1. The summed E-state index contributed by atoms with van der Waals surface area (Å²) in [5, 5.41) is 3.80. The van der Waals surface area contributed by atoms with Crippen LogP contribution in [-0.4, -0.2) is 58.1 Å². The number of aromatic nitrogens is 2. The molecule has 0 bridgehead atoms. The molecule has 0 unspecified atom stereocenters. The Hall–Kier alpha value is -0.890. The number of carbonyl (C=O) groups excluding carboxylic acids is 1. The average Bonchev–Trinajstić information content (AvgIpc) is 3.09. The van der Waals surface area contributed by atoms with Crippen LogP contribution in [0.4, 0.5) is 0 Å². The Morgan fingerprint density at radius 3 is 2.50 bits per heavy atom. The van der Waals surface area contributed by atoms with Crippen molar-refractivity contribution in [1.29, 1.82) is 0 Å². The fourth-order valence-electron chi connectivity index (χ4n) is 3.42. The Labute approximate surface area is 155 Å². The van der Waals surface area contributed by atoms with Crippen molar-refractivity contribution in [2.45, 2.75) is 45.2 Å². The third-order valence-electron chi connectivity index (χ3n) is 4.81. The topological polar surface area (TPSA) is 88.5 Å². The van der Waals surface area contributed by atoms with Crippen LogP contribution in [0.1, 0.15) is 37.4 Å². The van der Waals surface area contributed by atoms with E-state index < -0.39 is 0 Å². The molecule has 0 aromatic carbocycles. The van der Waals surface area contributed by atoms with Crippen molar-refractivity contribution in [3.05, 3.63) is 11.7 Å². The van der Waals surface area contributed by atoms with Gasteiger partial charge in [0.15, 0.2) is 5.82 Å². The van der Waals surface area contributed by atoms with Crippen molar-refractivity contribution in [2.75, 3.05) is 26.2 Å². The lowest BCUT2D eigenvalue weighted by molar-refractivity contribution is -0.134. The van der Waals surface area contributed by atoms with Crippen LogP contribution in [0.3, 0.4) is 0 Å². The van der Waals surface area contributed by atoms with Crippen LogP contribution < -0.4 is 5.73 Å². The molecule has 1 aromatic heterocycles. The summed E-state index contributed by atoms with van der Waals surface area (Å²) in [6.45, 7) is 5.73. The van der Waals surface area contributed by atoms with Crippen LogP contribution in [-0.2, 0) is 11.3 Å². The van der Waals surface area contributed by atoms with Crippen LogP contribution in [0.25, 0.3) is 0 Å². The van der Waals surface area contributed by atoms with Crippen molar-refractivity contribution in [3.8, 4) is 0 Å². The number of rotatable bonds is 4. The normalized spacial score (nSPS) is 24.3. The minimum atomic E-state index is 0. The third kappa shape index (κ3) is 5.31. The summed E-state index contributed by atoms with van der Waals surface area (Å²) in [6.07, 6.45) is 3.94. The summed E-state index contributed by atoms with van der Waals surface area (Å²) in [6, 6.07) is 0.214. The number of hydrogen-bond donors (Lipinski definition) is 1. The molecule has 1 amide bonds. The highest BCUT2D eigenvalue weighted by Gasteiger charge is 2.29. The molecule has 2 atom stereocenters. The van der Waals surface area contributed by atoms with E-state index in [1.165, 1.54) is 0 Å². The van der Waals surface area contributed by atoms with Crippen molar-refractivity contribution in [1.82, 2.24) is 19.9 Å². The SMILES string of the molecule is Cc1noc(CN2CCN(C(=O)C[C@@H]3CCC[C@H]3N)CC2)n1.Cl.Cl. The first-order valence-corrected chi connectivity index (χ1v) is 8.16. The molecule has 9 heteroatoms. The number of piperazine rings is 1. The minimum absolute atomic E-state index is 0. The molecule has 0 radical (unpaired) electrons. The largest absolute Gasteiger partial charge is 0.340 e. The number of halogens is 2. The molecule has 7 nitrogen and oxygen atoms in total. The van der Waals surface area contributed by atoms with E-state index in [2.05, 4.69) is 15.0 Å². The van der Waals surface area contributed by atoms with Crippen LogP contribution >= 0.6 is 24.8 Å². The molecule has 2 N–H and O–H groups in total. The zero-order chi connectivity index (χ0) is 15.5. The standard InChI is InChI=1S/C15H25N5O2.2ClH/c1-11-17-14(22-18-11)10-19-5-7-20(8-6-19)15(21)9-12-3-2-4-13(12)16;;/h12-13H,2-10,16H2,1H3;2*1H/t12-,13+;;/m0../s1. The van der Waals surface area contributed by atoms with E-state index in [1.807, 2.05) is 11.8 Å². The highest BCUT2D eigenvalue weighted by molar-refractivity contribution is 5.85. The molecule has 3 rings (SSSR count). The van der Waals surface area contributed by atoms with Gasteiger partial charge in [0.05, 0.1) is 6.54 Å². The molecule has 0 spiro atoms. The van der Waals surface area contributed by atoms with Gasteiger partial charge in [-0.2, -0.15) is 4.98 Å². The Morgan fingerprint density at radius 2 is 1.96 bits per heavy atom. The first-order valence-electron chi connectivity index (χ1n) is 8.16. The van der Waals surface area contributed by atoms with Gasteiger partial charge in [0.1, 0.15) is 0 Å². The summed E-state index contributed by atoms with van der Waals surface area (Å²) in [5.74, 6) is 1.95. The fraction of sp³-hybridized carbons (Fsp3) is 0.800. The van der Waals surface area contributed by atoms with Gasteiger partial charge in [0.25, 0.3) is 0 Å². The highest BCUT2D eigenvalue weighted by atomic mass is 35.5. The van der Waals surface area contributed by atoms with E-state index in [0.717, 1.165) is 45.4 Å². The number of aryl methyl sites for hydroxylation is 1. The zero-order valence-electron chi connectivity index (χ0n) is 14.0. The molecule has 1 saturated carbocycles. The summed E-state index contributed by atoms with van der Waals surface area (Å²) in [5.41, 5.74) is 6.06. The monoisotopic (exact) mass is 379 g/mol. The van der Waals surface area contributed by atoms with Crippen molar-refractivity contribution in [2.24, 2.45) is 11.7 Å². The number of nitrogens with zero attached hydrogens (tertiary/aromatic N) is 4. The second kappa shape index (κ2) is 9.56. The van der Waals surface area contributed by atoms with Gasteiger partial charge in [-0.3, -0.25) is 9.69 Å². The van der Waals surface area contributed by atoms with Gasteiger partial charge in [-0.1, -0.05) is 11.6 Å². The molecular weight excluding hydrogens is 353 g/mol. The predicted molar refractivity (Wildman–Crippen MR) is 95.3 cm³/mol. The lowest BCUT2D eigenvalue weighted by atomic mass is 9.99. The summed E-state index contributed by atoms with van der Waals surface area (Å²) in [4.78, 5) is 20.8. The van der Waals surface area contributed by atoms with Gasteiger partial charge in [-0.15, -0.1) is 24.8 Å². The Balaban J connectivity index is 0.00000144. The molecule has 1 aliphatic carbocycles. The van der Waals surface area contributed by atoms with Crippen LogP contribution in [0, 0.1) is 12.8 Å². The van der Waals surface area contributed by atoms with Crippen LogP contribution in [0.15, 0.2) is 4.52 Å². The first-order chi connectivity index (χ1) is 10.6. The summed E-state index contributed by atoms with van der Waals surface area (Å²) >= 11 is 0. The third-order valence-corrected chi connectivity index (χ3v) is 4.81. The van der Waals surface area contributed by atoms with Crippen molar-refractivity contribution in [3.63, 3.8) is 0 Å². The molecule has 2 fully saturated rings. The van der Waals surface area contributed by atoms with Gasteiger partial charge < -0.3 is 15.2 Å². The molecule has 1 aliphatic heterocycles. The molecule has 138 valence electrons. The smallest absolute Gasteiger partial charge is 0.240 e. The molecule has 1 aromatic rings. The molecule has 1 saturated heterocycles. The van der Waals surface area contributed by atoms with E-state index in [9.17, 15) is 4.79 Å². The number of nitrogens with two attached hydrogens (primary N) is 1. The fourth-order valence-corrected chi connectivity index (χ4v) is 3.42. The molecule has 2 heterocycles. The predicted octanol–water partition coefficient (Wildman–Crippen LogP) is 1.38. The Bertz CT molecular complexity index is 520. The number of carbonyl (C=O) groups is 1. The summed E-state index contributed by atoms with van der Waals surface area (Å²) in [7, 11) is 0. The average molecular weight is 380 g/mol. The van der Waals surface area contributed by atoms with Crippen LogP contribution in [0.5, 0.6) is 0 Å². The van der Waals surface area contributed by atoms with E-state index in [0.29, 0.717) is 30.6 Å². The van der Waals surface area contributed by atoms with E-state index in [4.69, 9.17) is 10.3 Å². The van der Waals surface area contributed by atoms with E-state index in [-0.39, 0.29) is 36.8 Å². The van der Waals surface area contributed by atoms with Gasteiger partial charge >= 0.3 is 0 Å².